The number of benzene rings is 2. The molecule has 322 valence electrons. The maximum absolute atomic E-state index is 3.76. The minimum atomic E-state index is -0.333. The van der Waals surface area contributed by atoms with E-state index in [1.54, 1.807) is 0 Å². The molecule has 0 fully saturated rings. The molecule has 0 N–H and O–H groups in total. The van der Waals surface area contributed by atoms with Crippen LogP contribution in [0.1, 0.15) is 133 Å². The lowest BCUT2D eigenvalue weighted by atomic mass is 9.42. The van der Waals surface area contributed by atoms with Gasteiger partial charge in [0.1, 0.15) is 0 Å². The molecule has 0 nitrogen and oxygen atoms in total. The topological polar surface area (TPSA) is 0 Å². The van der Waals surface area contributed by atoms with Gasteiger partial charge in [-0.25, -0.2) is 0 Å². The van der Waals surface area contributed by atoms with Crippen LogP contribution < -0.4 is 0 Å². The van der Waals surface area contributed by atoms with Crippen LogP contribution in [0.15, 0.2) is 165 Å². The average Bonchev–Trinajstić information content (AvgIpc) is 3.20. The first-order valence-electron chi connectivity index (χ1n) is 23.7. The van der Waals surface area contributed by atoms with Crippen LogP contribution >= 0.6 is 0 Å². The zero-order chi connectivity index (χ0) is 45.9. The van der Waals surface area contributed by atoms with Gasteiger partial charge < -0.3 is 0 Å². The summed E-state index contributed by atoms with van der Waals surface area (Å²) in [4.78, 5) is 0. The van der Waals surface area contributed by atoms with Crippen molar-refractivity contribution < 1.29 is 0 Å². The molecule has 0 bridgehead atoms. The van der Waals surface area contributed by atoms with E-state index < -0.39 is 0 Å². The molecular weight excluding hydrogens is 769 g/mol. The summed E-state index contributed by atoms with van der Waals surface area (Å²) in [6.45, 7) is 38.0. The zero-order valence-corrected chi connectivity index (χ0v) is 41.4. The van der Waals surface area contributed by atoms with Crippen LogP contribution in [0, 0.1) is 67.0 Å². The first-order chi connectivity index (χ1) is 29.7. The van der Waals surface area contributed by atoms with E-state index in [4.69, 9.17) is 0 Å². The van der Waals surface area contributed by atoms with Gasteiger partial charge in [0.2, 0.25) is 0 Å². The van der Waals surface area contributed by atoms with Crippen molar-refractivity contribution in [3.8, 4) is 23.7 Å². The minimum absolute atomic E-state index is 0.0158. The first kappa shape index (κ1) is 42.4. The smallest absolute Gasteiger partial charge is 0.0328 e. The highest BCUT2D eigenvalue weighted by Gasteiger charge is 2.62. The van der Waals surface area contributed by atoms with Crippen LogP contribution in [0.5, 0.6) is 0 Å². The van der Waals surface area contributed by atoms with E-state index in [0.717, 1.165) is 11.1 Å². The molecule has 8 aliphatic rings. The molecule has 2 aromatic carbocycles. The van der Waals surface area contributed by atoms with Gasteiger partial charge in [0.15, 0.2) is 0 Å². The fourth-order valence-electron chi connectivity index (χ4n) is 12.3. The SMILES string of the molecule is CC(C)(C)C1=CC2=CC(C#CC#CC3=C4C=C(C(C)(C)C)C=C5c6ccccc6C6=CC(C(C)(C)C)=CC(=C3)[C@]6(C)[C@]54C)=C3C=C(C(C)(C)C)C=C4c5ccccc5C(=C1)[C@@]2(C)[C@]43C. The summed E-state index contributed by atoms with van der Waals surface area (Å²) in [6, 6.07) is 18.2. The first-order valence-corrected chi connectivity index (χ1v) is 23.7. The molecular formula is C64H66. The number of hydrogen-bond acceptors (Lipinski definition) is 0. The fourth-order valence-corrected chi connectivity index (χ4v) is 12.3. The van der Waals surface area contributed by atoms with Crippen LogP contribution in [-0.4, -0.2) is 0 Å². The highest BCUT2D eigenvalue weighted by atomic mass is 14.6. The van der Waals surface area contributed by atoms with E-state index in [9.17, 15) is 0 Å². The largest absolute Gasteiger partial charge is 0.0616 e. The molecule has 4 atom stereocenters. The molecule has 0 unspecified atom stereocenters. The average molecular weight is 835 g/mol. The van der Waals surface area contributed by atoms with Gasteiger partial charge in [-0.2, -0.15) is 0 Å². The highest BCUT2D eigenvalue weighted by molar-refractivity contribution is 6.01. The van der Waals surface area contributed by atoms with E-state index in [-0.39, 0.29) is 43.3 Å². The molecule has 64 heavy (non-hydrogen) atoms. The third-order valence-corrected chi connectivity index (χ3v) is 16.9. The zero-order valence-electron chi connectivity index (χ0n) is 41.4. The van der Waals surface area contributed by atoms with Crippen LogP contribution in [0.3, 0.4) is 0 Å². The third kappa shape index (κ3) is 5.51. The Kier molecular flexibility index (Phi) is 8.64. The number of rotatable bonds is 0. The van der Waals surface area contributed by atoms with Crippen LogP contribution in [-0.2, 0) is 0 Å². The van der Waals surface area contributed by atoms with Crippen molar-refractivity contribution in [2.45, 2.75) is 111 Å². The summed E-state index contributed by atoms with van der Waals surface area (Å²) in [6.07, 6.45) is 24.8. The van der Waals surface area contributed by atoms with Crippen molar-refractivity contribution in [2.75, 3.05) is 0 Å². The fraction of sp³-hybridized carbons (Fsp3) is 0.375. The second-order valence-corrected chi connectivity index (χ2v) is 24.6. The molecule has 0 heteroatoms. The van der Waals surface area contributed by atoms with E-state index in [1.807, 2.05) is 0 Å². The monoisotopic (exact) mass is 835 g/mol. The predicted molar refractivity (Wildman–Crippen MR) is 273 cm³/mol. The van der Waals surface area contributed by atoms with Crippen molar-refractivity contribution in [1.82, 2.24) is 0 Å². The highest BCUT2D eigenvalue weighted by Crippen LogP contribution is 2.74. The van der Waals surface area contributed by atoms with E-state index >= 15 is 0 Å². The van der Waals surface area contributed by atoms with Gasteiger partial charge in [-0.3, -0.25) is 0 Å². The minimum Gasteiger partial charge on any atom is -0.0616 e. The summed E-state index contributed by atoms with van der Waals surface area (Å²) in [7, 11) is 0. The normalized spacial score (nSPS) is 28.5. The molecule has 0 heterocycles. The number of fused-ring (bicyclic) bond motifs is 6. The van der Waals surface area contributed by atoms with E-state index in [1.165, 1.54) is 89.1 Å². The molecule has 0 saturated carbocycles. The Morgan fingerprint density at radius 1 is 0.328 bits per heavy atom. The van der Waals surface area contributed by atoms with Crippen LogP contribution in [0.4, 0.5) is 0 Å². The maximum atomic E-state index is 3.76. The van der Waals surface area contributed by atoms with E-state index in [2.05, 4.69) is 244 Å². The Bertz CT molecular complexity index is 2880. The van der Waals surface area contributed by atoms with Crippen molar-refractivity contribution in [3.05, 3.63) is 187 Å². The summed E-state index contributed by atoms with van der Waals surface area (Å²) >= 11 is 0. The Hall–Kier alpha value is -5.56. The van der Waals surface area contributed by atoms with Gasteiger partial charge in [0, 0.05) is 32.8 Å². The lowest BCUT2D eigenvalue weighted by molar-refractivity contribution is 0.296. The number of hydrogen-bond donors (Lipinski definition) is 0. The molecule has 0 saturated heterocycles. The van der Waals surface area contributed by atoms with Gasteiger partial charge in [-0.15, -0.1) is 0 Å². The summed E-state index contributed by atoms with van der Waals surface area (Å²) in [5.41, 5.74) is 22.4. The Morgan fingerprint density at radius 2 is 0.594 bits per heavy atom. The van der Waals surface area contributed by atoms with Gasteiger partial charge in [-0.1, -0.05) is 220 Å². The van der Waals surface area contributed by atoms with Crippen molar-refractivity contribution in [3.63, 3.8) is 0 Å². The van der Waals surface area contributed by atoms with Crippen molar-refractivity contribution >= 4 is 22.3 Å². The maximum Gasteiger partial charge on any atom is 0.0328 e. The summed E-state index contributed by atoms with van der Waals surface area (Å²) < 4.78 is 0. The second kappa shape index (κ2) is 13.0. The van der Waals surface area contributed by atoms with Crippen molar-refractivity contribution in [2.24, 2.45) is 43.3 Å². The Morgan fingerprint density at radius 3 is 0.875 bits per heavy atom. The van der Waals surface area contributed by atoms with Crippen LogP contribution in [0.2, 0.25) is 0 Å². The molecule has 2 aromatic rings. The lowest BCUT2D eigenvalue weighted by Gasteiger charge is -2.59. The molecule has 0 amide bonds. The summed E-state index contributed by atoms with van der Waals surface area (Å²) in [5.74, 6) is 14.5. The second-order valence-electron chi connectivity index (χ2n) is 24.6. The summed E-state index contributed by atoms with van der Waals surface area (Å²) in [5, 5.41) is 0. The van der Waals surface area contributed by atoms with E-state index in [0.29, 0.717) is 0 Å². The molecule has 0 aliphatic heterocycles. The van der Waals surface area contributed by atoms with Crippen LogP contribution in [0.25, 0.3) is 22.3 Å². The van der Waals surface area contributed by atoms with Gasteiger partial charge in [0.05, 0.1) is 0 Å². The molecule has 0 spiro atoms. The van der Waals surface area contributed by atoms with Crippen molar-refractivity contribution in [1.29, 1.82) is 0 Å². The standard InChI is InChI=1S/C64H66/c1-57(2,3)41-31-45-29-39(51-33-43(59(7,8)9)37-55-49-27-21-19-25-47(49)53(35-41)61(45,13)63(51,55)15)23-17-18-24-40-30-46-32-42(58(4,5)6)36-54-48-26-20-22-28-50(48)56-38-44(60(10,11)12)34-52(40)64(56,16)62(46,54)14/h19-22,25-38H,1-16H3/t61-,62-,63-,64-/m0/s1. The third-order valence-electron chi connectivity index (χ3n) is 16.9. The van der Waals surface area contributed by atoms with Gasteiger partial charge in [-0.05, 0) is 135 Å². The quantitative estimate of drug-likeness (QED) is 0.232. The Labute approximate surface area is 385 Å². The molecule has 0 radical (unpaired) electrons. The molecule has 10 rings (SSSR count). The lowest BCUT2D eigenvalue weighted by Crippen LogP contribution is -2.49. The van der Waals surface area contributed by atoms with Gasteiger partial charge in [0.25, 0.3) is 0 Å². The Balaban J connectivity index is 1.21. The molecule has 8 aliphatic carbocycles. The molecule has 0 aromatic heterocycles. The predicted octanol–water partition coefficient (Wildman–Crippen LogP) is 16.4. The number of allylic oxidation sites excluding steroid dienone is 24. The van der Waals surface area contributed by atoms with Gasteiger partial charge >= 0.3 is 0 Å².